The molecule has 0 bridgehead atoms. The Balaban J connectivity index is 0.000000149. The molecule has 0 saturated heterocycles. The molecule has 21 aromatic carbocycles. The van der Waals surface area contributed by atoms with Gasteiger partial charge in [0.05, 0.1) is 63.1 Å². The molecule has 106 heavy (non-hydrogen) atoms. The smallest absolute Gasteiger partial charge is 0.0622 e. The maximum atomic E-state index is 9.43. The highest BCUT2D eigenvalue weighted by atomic mass is 14.3. The third-order valence-electron chi connectivity index (χ3n) is 18.3. The normalized spacial score (nSPS) is 17.5. The molecule has 494 valence electrons. The average Bonchev–Trinajstić information content (AvgIpc) is 0.687. The van der Waals surface area contributed by atoms with E-state index in [4.69, 9.17) is 50.7 Å². The van der Waals surface area contributed by atoms with Crippen molar-refractivity contribution in [3.05, 3.63) is 424 Å². The summed E-state index contributed by atoms with van der Waals surface area (Å²) in [6.45, 7) is 0. The molecule has 0 saturated carbocycles. The van der Waals surface area contributed by atoms with Gasteiger partial charge in [0.25, 0.3) is 0 Å². The zero-order chi connectivity index (χ0) is 110. The molecule has 0 heteroatoms. The molecule has 0 spiro atoms. The Morgan fingerprint density at radius 2 is 0.491 bits per heavy atom. The van der Waals surface area contributed by atoms with Crippen LogP contribution in [0.4, 0.5) is 0 Å². The zero-order valence-corrected chi connectivity index (χ0v) is 54.9. The Hall–Kier alpha value is -13.8. The molecule has 0 radical (unpaired) electrons. The highest BCUT2D eigenvalue weighted by Gasteiger charge is 2.23. The quantitative estimate of drug-likeness (QED) is 0.133. The molecule has 0 amide bonds. The van der Waals surface area contributed by atoms with Gasteiger partial charge in [0, 0.05) is 0 Å². The van der Waals surface area contributed by atoms with E-state index in [1.54, 1.807) is 0 Å². The second-order valence-electron chi connectivity index (χ2n) is 24.1. The lowest BCUT2D eigenvalue weighted by Crippen LogP contribution is -1.93. The van der Waals surface area contributed by atoms with Gasteiger partial charge in [0.15, 0.2) is 0 Å². The van der Waals surface area contributed by atoms with Gasteiger partial charge in [-0.15, -0.1) is 0 Å². The molecule has 21 aromatic rings. The van der Waals surface area contributed by atoms with Gasteiger partial charge in [-0.2, -0.15) is 0 Å². The van der Waals surface area contributed by atoms with Crippen LogP contribution in [-0.4, -0.2) is 0 Å². The fourth-order valence-corrected chi connectivity index (χ4v) is 13.9. The van der Waals surface area contributed by atoms with E-state index in [9.17, 15) is 12.3 Å². The van der Waals surface area contributed by atoms with Crippen molar-refractivity contribution in [1.82, 2.24) is 0 Å². The van der Waals surface area contributed by atoms with Crippen LogP contribution in [0.25, 0.3) is 197 Å². The molecule has 0 nitrogen and oxygen atoms in total. The summed E-state index contributed by atoms with van der Waals surface area (Å²) in [5, 5.41) is -1.31. The van der Waals surface area contributed by atoms with E-state index in [0.717, 1.165) is 0 Å². The van der Waals surface area contributed by atoms with Crippen LogP contribution in [0.5, 0.6) is 0 Å². The van der Waals surface area contributed by atoms with Crippen molar-refractivity contribution in [2.75, 3.05) is 0 Å². The molecular formula is C106H70. The molecular weight excluding hydrogens is 1270 g/mol. The Labute approximate surface area is 681 Å². The summed E-state index contributed by atoms with van der Waals surface area (Å²) in [4.78, 5) is 0. The third-order valence-corrected chi connectivity index (χ3v) is 18.3. The van der Waals surface area contributed by atoms with E-state index in [0.29, 0.717) is 0 Å². The Morgan fingerprint density at radius 3 is 1.04 bits per heavy atom. The van der Waals surface area contributed by atoms with Crippen molar-refractivity contribution >= 4 is 108 Å². The van der Waals surface area contributed by atoms with Crippen LogP contribution < -0.4 is 0 Å². The monoisotopic (exact) mass is 1390 g/mol. The van der Waals surface area contributed by atoms with Crippen LogP contribution in [0.3, 0.4) is 0 Å². The first-order chi connectivity index (χ1) is 71.8. The first-order valence-corrected chi connectivity index (χ1v) is 33.0. The summed E-state index contributed by atoms with van der Waals surface area (Å²) < 4.78 is 405. The van der Waals surface area contributed by atoms with Gasteiger partial charge in [0.2, 0.25) is 0 Å². The summed E-state index contributed by atoms with van der Waals surface area (Å²) in [7, 11) is 0. The van der Waals surface area contributed by atoms with Gasteiger partial charge in [0.1, 0.15) is 0 Å². The van der Waals surface area contributed by atoms with E-state index in [1.165, 1.54) is 65.7 Å². The molecule has 0 N–H and O–H groups in total. The number of rotatable bonds is 8. The van der Waals surface area contributed by atoms with Crippen molar-refractivity contribution in [1.29, 1.82) is 0 Å². The Morgan fingerprint density at radius 1 is 0.142 bits per heavy atom. The maximum absolute atomic E-state index is 9.43. The first kappa shape index (κ1) is 31.4. The highest BCUT2D eigenvalue weighted by Crippen LogP contribution is 2.50. The van der Waals surface area contributed by atoms with Gasteiger partial charge >= 0.3 is 0 Å². The third kappa shape index (κ3) is 11.3. The molecule has 0 heterocycles. The number of hydrogen-bond acceptors (Lipinski definition) is 0. The van der Waals surface area contributed by atoms with Gasteiger partial charge in [-0.05, 0) is 209 Å². The minimum absolute atomic E-state index is 0.537. The van der Waals surface area contributed by atoms with Gasteiger partial charge < -0.3 is 0 Å². The van der Waals surface area contributed by atoms with Crippen LogP contribution in [-0.2, 0) is 0 Å². The number of hydrogen-bond donors (Lipinski definition) is 0. The van der Waals surface area contributed by atoms with Gasteiger partial charge in [-0.25, -0.2) is 0 Å². The summed E-state index contributed by atoms with van der Waals surface area (Å²) >= 11 is 0. The lowest BCUT2D eigenvalue weighted by Gasteiger charge is -2.20. The summed E-state index contributed by atoms with van der Waals surface area (Å²) in [5.74, 6) is 0. The van der Waals surface area contributed by atoms with Crippen LogP contribution in [0.15, 0.2) is 424 Å². The maximum Gasteiger partial charge on any atom is 0.0636 e. The van der Waals surface area contributed by atoms with Gasteiger partial charge in [-0.1, -0.05) is 411 Å². The minimum atomic E-state index is -1.07. The fourth-order valence-electron chi connectivity index (χ4n) is 13.9. The number of fused-ring (bicyclic) bond motifs is 10. The van der Waals surface area contributed by atoms with Crippen molar-refractivity contribution in [3.63, 3.8) is 0 Å². The minimum Gasteiger partial charge on any atom is -0.0622 e. The molecule has 0 unspecified atom stereocenters. The molecule has 0 fully saturated rings. The fraction of sp³-hybridized carbons (Fsp3) is 0. The largest absolute Gasteiger partial charge is 0.0636 e. The van der Waals surface area contributed by atoms with E-state index in [2.05, 4.69) is 146 Å². The first-order valence-electron chi connectivity index (χ1n) is 56.0. The van der Waals surface area contributed by atoms with Crippen LogP contribution in [0.2, 0.25) is 0 Å². The lowest BCUT2D eigenvalue weighted by molar-refractivity contribution is 1.61. The van der Waals surface area contributed by atoms with E-state index < -0.39 is 409 Å². The van der Waals surface area contributed by atoms with Crippen molar-refractivity contribution in [2.24, 2.45) is 0 Å². The van der Waals surface area contributed by atoms with Crippen molar-refractivity contribution in [2.45, 2.75) is 0 Å². The SMILES string of the molecule is [2H]c1c([2H])c([2H])c(-c2c3c([2H])c([2H])c([2H])c([2H])c3c(-c3c([2H])c([2H])c([2H])c4c([2H])c([2H])c([2H])c([2H])c34)c3c([2H])c([2H])c([2H])c([2H])c23)c(-c2c([2H])c([2H])c3c([2H])c([2H])c([2H])c([2H])c3c2[2H])c1[2H].[2H]c1c([2H])c([2H])c(-c2c3c([2H])c([2H])c([2H])c([2H])c3c(-c3c([2H])c([2H])c([2H])c4c([2H])c([2H])c([2H])c([2H])c34)c3c([2H])c([2H])c([2H])c([2H])c23)c([2H])c1[2H].c1ccc(-c2cccc(-c3c4ccccc4c(-c4cccc5ccccc45)c4ccccc34)c2)cc1. The lowest BCUT2D eigenvalue weighted by atomic mass is 9.83. The summed E-state index contributed by atoms with van der Waals surface area (Å²) in [6.07, 6.45) is 0. The van der Waals surface area contributed by atoms with E-state index >= 15 is 0 Å². The van der Waals surface area contributed by atoms with Gasteiger partial charge in [-0.3, -0.25) is 0 Å². The molecule has 0 atom stereocenters. The molecule has 0 aliphatic carbocycles. The molecule has 0 aromatic heterocycles. The Bertz CT molecular complexity index is 9600. The second kappa shape index (κ2) is 27.5. The van der Waals surface area contributed by atoms with Crippen LogP contribution >= 0.6 is 0 Å². The van der Waals surface area contributed by atoms with Crippen molar-refractivity contribution in [3.8, 4) is 89.0 Å². The zero-order valence-electron chi connectivity index (χ0n) is 101. The standard InChI is InChI=1S/C40H26.C36H24.C30H20/c1-2-14-29-26-30(25-24-27(29)12-1)32-17-5-6-18-33(32)39-35-19-7-9-21-37(35)40(38-22-10-8-20-36(38)39)34-23-11-15-28-13-3-4-16-31(28)34;1-2-12-25(13-3-1)27-16-10-17-28(24-27)35-31-19-6-8-21-33(31)36(34-22-9-7-20-32(34)35)30-23-11-15-26-14-4-5-18-29(26)30;1-2-12-22(13-3-1)29-25-16-6-8-18-27(25)30(28-19-9-7-17-26(28)29)24-20-10-14-21-11-4-5-15-23(21)24/h1-26H;1-24H;1-20H/i1D,2D,3D,4D,5D,6D,7D,8D,9D,10D,11D,12D,13D,14D,15D,16D,17D,18D,19D,20D,21D,22D,23D,24D,25D,26D;;1D,2D,3D,4D,5D,6D,7D,8D,9D,10D,11D,12D,13D,14D,15D,16D,17D,18D,19D,20D. The van der Waals surface area contributed by atoms with Crippen LogP contribution in [0, 0.1) is 0 Å². The molecule has 21 rings (SSSR count). The van der Waals surface area contributed by atoms with E-state index in [-0.39, 0.29) is 0 Å². The van der Waals surface area contributed by atoms with E-state index in [1.807, 2.05) is 0 Å². The predicted octanol–water partition coefficient (Wildman–Crippen LogP) is 29.9. The summed E-state index contributed by atoms with van der Waals surface area (Å²) in [5.41, 5.74) is 0.403. The molecule has 0 aliphatic heterocycles. The molecule has 0 aliphatic rings. The Kier molecular flexibility index (Phi) is 8.17. The predicted molar refractivity (Wildman–Crippen MR) is 458 cm³/mol. The average molecular weight is 1390 g/mol. The summed E-state index contributed by atoms with van der Waals surface area (Å²) in [6, 6.07) is 11.0. The topological polar surface area (TPSA) is 0 Å². The number of benzene rings is 21. The van der Waals surface area contributed by atoms with Crippen molar-refractivity contribution < 1.29 is 63.1 Å². The van der Waals surface area contributed by atoms with Crippen LogP contribution in [0.1, 0.15) is 63.1 Å². The highest BCUT2D eigenvalue weighted by molar-refractivity contribution is 6.27. The second-order valence-corrected chi connectivity index (χ2v) is 24.1.